The van der Waals surface area contributed by atoms with E-state index in [-0.39, 0.29) is 11.4 Å². The Morgan fingerprint density at radius 3 is 2.30 bits per heavy atom. The molecule has 0 bridgehead atoms. The van der Waals surface area contributed by atoms with Crippen molar-refractivity contribution in [2.75, 3.05) is 14.2 Å². The van der Waals surface area contributed by atoms with Gasteiger partial charge >= 0.3 is 5.97 Å². The van der Waals surface area contributed by atoms with E-state index < -0.39 is 35.1 Å². The van der Waals surface area contributed by atoms with Crippen molar-refractivity contribution >= 4 is 5.97 Å². The Morgan fingerprint density at radius 1 is 1.03 bits per heavy atom. The number of pyridine rings is 1. The number of aliphatic hydroxyl groups excluding tert-OH is 1. The number of ether oxygens (including phenoxy) is 3. The zero-order valence-corrected chi connectivity index (χ0v) is 18.0. The van der Waals surface area contributed by atoms with Gasteiger partial charge in [0.1, 0.15) is 29.0 Å². The van der Waals surface area contributed by atoms with Crippen LogP contribution in [0, 0.1) is 5.92 Å². The second-order valence-corrected chi connectivity index (χ2v) is 8.25. The van der Waals surface area contributed by atoms with E-state index in [4.69, 9.17) is 14.2 Å². The van der Waals surface area contributed by atoms with E-state index in [0.717, 1.165) is 0 Å². The van der Waals surface area contributed by atoms with Crippen molar-refractivity contribution < 1.29 is 34.3 Å². The van der Waals surface area contributed by atoms with Crippen LogP contribution in [0.15, 0.2) is 66.9 Å². The lowest BCUT2D eigenvalue weighted by Crippen LogP contribution is -2.52. The average molecular weight is 449 g/mol. The molecule has 5 atom stereocenters. The molecule has 1 saturated carbocycles. The maximum absolute atomic E-state index is 12.5. The minimum Gasteiger partial charge on any atom is -0.497 e. The molecule has 1 aliphatic heterocycles. The van der Waals surface area contributed by atoms with Gasteiger partial charge in [-0.3, -0.25) is 9.78 Å². The average Bonchev–Trinajstić information content (AvgIpc) is 3.22. The number of carbonyl (C=O) groups is 1. The van der Waals surface area contributed by atoms with Crippen LogP contribution < -0.4 is 14.2 Å². The molecule has 3 N–H and O–H groups in total. The number of aliphatic carboxylic acids is 1. The Kier molecular flexibility index (Phi) is 4.81. The van der Waals surface area contributed by atoms with Crippen LogP contribution in [-0.4, -0.2) is 46.6 Å². The summed E-state index contributed by atoms with van der Waals surface area (Å²) >= 11 is 0. The summed E-state index contributed by atoms with van der Waals surface area (Å²) in [7, 11) is 3.02. The maximum Gasteiger partial charge on any atom is 0.310 e. The molecule has 1 fully saturated rings. The van der Waals surface area contributed by atoms with E-state index in [9.17, 15) is 20.1 Å². The van der Waals surface area contributed by atoms with Crippen molar-refractivity contribution in [1.29, 1.82) is 0 Å². The van der Waals surface area contributed by atoms with Crippen LogP contribution >= 0.6 is 0 Å². The van der Waals surface area contributed by atoms with Gasteiger partial charge in [-0.05, 0) is 23.3 Å². The van der Waals surface area contributed by atoms with Gasteiger partial charge in [-0.15, -0.1) is 0 Å². The molecule has 0 amide bonds. The number of carboxylic acids is 1. The molecule has 33 heavy (non-hydrogen) atoms. The third-order valence-corrected chi connectivity index (χ3v) is 6.79. The van der Waals surface area contributed by atoms with E-state index in [1.54, 1.807) is 54.6 Å². The molecule has 5 rings (SSSR count). The van der Waals surface area contributed by atoms with Gasteiger partial charge in [0.05, 0.1) is 26.3 Å². The highest BCUT2D eigenvalue weighted by Gasteiger charge is 2.78. The lowest BCUT2D eigenvalue weighted by Gasteiger charge is -2.40. The fourth-order valence-corrected chi connectivity index (χ4v) is 5.36. The molecule has 2 aromatic carbocycles. The molecule has 0 saturated heterocycles. The Labute approximate surface area is 190 Å². The van der Waals surface area contributed by atoms with Crippen molar-refractivity contribution in [2.45, 2.75) is 23.2 Å². The Hall–Kier alpha value is -3.62. The monoisotopic (exact) mass is 449 g/mol. The summed E-state index contributed by atoms with van der Waals surface area (Å²) in [5.74, 6) is -2.34. The number of carboxylic acid groups (broad SMARTS) is 1. The molecule has 2 aliphatic rings. The summed E-state index contributed by atoms with van der Waals surface area (Å²) in [6, 6.07) is 17.3. The zero-order chi connectivity index (χ0) is 23.4. The number of hydrogen-bond acceptors (Lipinski definition) is 7. The lowest BCUT2D eigenvalue weighted by atomic mass is 9.71. The van der Waals surface area contributed by atoms with Crippen molar-refractivity contribution in [3.05, 3.63) is 83.7 Å². The summed E-state index contributed by atoms with van der Waals surface area (Å²) in [6.45, 7) is 0. The normalized spacial score (nSPS) is 29.6. The Balaban J connectivity index is 1.84. The quantitative estimate of drug-likeness (QED) is 0.544. The summed E-state index contributed by atoms with van der Waals surface area (Å²) < 4.78 is 17.0. The molecule has 1 aliphatic carbocycles. The van der Waals surface area contributed by atoms with Crippen LogP contribution in [0.3, 0.4) is 0 Å². The van der Waals surface area contributed by atoms with Gasteiger partial charge in [0.15, 0.2) is 11.2 Å². The van der Waals surface area contributed by atoms with Gasteiger partial charge < -0.3 is 29.5 Å². The molecule has 0 spiro atoms. The first-order valence-corrected chi connectivity index (χ1v) is 10.4. The summed E-state index contributed by atoms with van der Waals surface area (Å²) in [4.78, 5) is 16.8. The number of fused-ring (bicyclic) bond motifs is 3. The van der Waals surface area contributed by atoms with Gasteiger partial charge in [0, 0.05) is 12.0 Å². The van der Waals surface area contributed by atoms with Gasteiger partial charge in [0.25, 0.3) is 0 Å². The number of rotatable bonds is 5. The van der Waals surface area contributed by atoms with Crippen LogP contribution in [0.4, 0.5) is 0 Å². The first-order chi connectivity index (χ1) is 15.9. The molecule has 0 unspecified atom stereocenters. The number of methoxy groups -OCH3 is 2. The lowest BCUT2D eigenvalue weighted by molar-refractivity contribution is -0.160. The minimum absolute atomic E-state index is 0.0660. The predicted octanol–water partition coefficient (Wildman–Crippen LogP) is 2.43. The molecule has 2 heterocycles. The third-order valence-electron chi connectivity index (χ3n) is 6.79. The minimum atomic E-state index is -2.15. The molecular formula is C25H23NO7. The number of benzene rings is 2. The van der Waals surface area contributed by atoms with E-state index >= 15 is 0 Å². The molecule has 3 aromatic rings. The maximum atomic E-state index is 12.5. The van der Waals surface area contributed by atoms with Gasteiger partial charge in [-0.25, -0.2) is 0 Å². The molecule has 8 heteroatoms. The van der Waals surface area contributed by atoms with E-state index in [1.807, 2.05) is 6.07 Å². The van der Waals surface area contributed by atoms with E-state index in [0.29, 0.717) is 22.6 Å². The van der Waals surface area contributed by atoms with E-state index in [2.05, 4.69) is 4.98 Å². The number of nitrogens with zero attached hydrogens (tertiary/aromatic N) is 1. The molecule has 170 valence electrons. The second-order valence-electron chi connectivity index (χ2n) is 8.25. The van der Waals surface area contributed by atoms with Gasteiger partial charge in [-0.1, -0.05) is 42.5 Å². The van der Waals surface area contributed by atoms with Crippen molar-refractivity contribution in [3.63, 3.8) is 0 Å². The highest BCUT2D eigenvalue weighted by Crippen LogP contribution is 2.68. The zero-order valence-electron chi connectivity index (χ0n) is 18.0. The van der Waals surface area contributed by atoms with Crippen LogP contribution in [0.25, 0.3) is 0 Å². The van der Waals surface area contributed by atoms with Crippen molar-refractivity contribution in [1.82, 2.24) is 4.98 Å². The Morgan fingerprint density at radius 2 is 1.70 bits per heavy atom. The van der Waals surface area contributed by atoms with Crippen LogP contribution in [0.1, 0.15) is 22.7 Å². The molecule has 0 radical (unpaired) electrons. The second kappa shape index (κ2) is 7.47. The first kappa shape index (κ1) is 21.2. The fraction of sp³-hybridized carbons (Fsp3) is 0.280. The highest BCUT2D eigenvalue weighted by atomic mass is 16.5. The largest absolute Gasteiger partial charge is 0.497 e. The van der Waals surface area contributed by atoms with Crippen molar-refractivity contribution in [2.24, 2.45) is 5.92 Å². The van der Waals surface area contributed by atoms with Gasteiger partial charge in [-0.2, -0.15) is 0 Å². The molecular weight excluding hydrogens is 426 g/mol. The summed E-state index contributed by atoms with van der Waals surface area (Å²) in [6.07, 6.45) is -0.299. The summed E-state index contributed by atoms with van der Waals surface area (Å²) in [5.41, 5.74) is -2.66. The van der Waals surface area contributed by atoms with Gasteiger partial charge in [0.2, 0.25) is 0 Å². The number of hydrogen-bond donors (Lipinski definition) is 3. The predicted molar refractivity (Wildman–Crippen MR) is 116 cm³/mol. The third kappa shape index (κ3) is 2.71. The summed E-state index contributed by atoms with van der Waals surface area (Å²) in [5, 5.41) is 33.8. The highest BCUT2D eigenvalue weighted by molar-refractivity contribution is 5.76. The number of aromatic nitrogens is 1. The smallest absolute Gasteiger partial charge is 0.310 e. The number of aliphatic hydroxyl groups is 2. The van der Waals surface area contributed by atoms with Crippen LogP contribution in [-0.2, 0) is 16.0 Å². The Bertz CT molecular complexity index is 1200. The topological polar surface area (TPSA) is 118 Å². The van der Waals surface area contributed by atoms with E-state index in [1.165, 1.54) is 20.4 Å². The molecule has 8 nitrogen and oxygen atoms in total. The van der Waals surface area contributed by atoms with Crippen LogP contribution in [0.5, 0.6) is 17.2 Å². The standard InChI is InChI=1S/C25H23NO7/c1-31-16-10-8-15(9-11-16)25-20(14-6-4-3-5-7-14)19(23(28)29)22(27)24(25,30)21-18(33-25)12-17(32-2)13-26-21/h3-13,19-20,22,27,30H,1-2H3,(H,28,29)/t19-,20-,22-,24+,25+/m1/s1. The SMILES string of the molecule is COc1ccc([C@@]23Oc4cc(OC)cnc4[C@]2(O)[C@H](O)[C@H](C(=O)O)[C@H]3c2ccccc2)cc1. The molecule has 1 aromatic heterocycles. The van der Waals surface area contributed by atoms with Crippen molar-refractivity contribution in [3.8, 4) is 17.2 Å². The first-order valence-electron chi connectivity index (χ1n) is 10.4. The fourth-order valence-electron chi connectivity index (χ4n) is 5.36. The van der Waals surface area contributed by atoms with Crippen LogP contribution in [0.2, 0.25) is 0 Å².